The average Bonchev–Trinajstić information content (AvgIpc) is 2.34. The lowest BCUT2D eigenvalue weighted by Crippen LogP contribution is -2.21. The van der Waals surface area contributed by atoms with E-state index in [1.165, 1.54) is 12.8 Å². The Balaban J connectivity index is 2.19. The van der Waals surface area contributed by atoms with Gasteiger partial charge in [-0.25, -0.2) is 0 Å². The topological polar surface area (TPSA) is 21.3 Å². The van der Waals surface area contributed by atoms with Crippen LogP contribution in [0.2, 0.25) is 0 Å². The third kappa shape index (κ3) is 2.80. The minimum Gasteiger partial charge on any atom is -0.374 e. The maximum absolute atomic E-state index is 5.68. The molecule has 11 heavy (non-hydrogen) atoms. The number of nitrogens with one attached hydrogen (secondary N) is 1. The molecule has 1 fully saturated rings. The number of ether oxygens (including phenoxy) is 1. The Kier molecular flexibility index (Phi) is 3.34. The van der Waals surface area contributed by atoms with Crippen LogP contribution in [0.4, 0.5) is 0 Å². The molecule has 2 atom stereocenters. The van der Waals surface area contributed by atoms with Crippen molar-refractivity contribution < 1.29 is 4.74 Å². The summed E-state index contributed by atoms with van der Waals surface area (Å²) in [6, 6.07) is 0.693. The van der Waals surface area contributed by atoms with Crippen LogP contribution in [0.3, 0.4) is 0 Å². The van der Waals surface area contributed by atoms with E-state index in [4.69, 9.17) is 4.74 Å². The smallest absolute Gasteiger partial charge is 0.0717 e. The van der Waals surface area contributed by atoms with E-state index >= 15 is 0 Å². The molecule has 1 N–H and O–H groups in total. The molecule has 2 nitrogen and oxygen atoms in total. The molecule has 1 saturated heterocycles. The van der Waals surface area contributed by atoms with Crippen molar-refractivity contribution >= 4 is 0 Å². The molecule has 0 aromatic carbocycles. The second-order valence-electron chi connectivity index (χ2n) is 3.56. The van der Waals surface area contributed by atoms with E-state index in [1.807, 2.05) is 0 Å². The molecule has 2 heteroatoms. The Labute approximate surface area is 69.3 Å². The summed E-state index contributed by atoms with van der Waals surface area (Å²) >= 11 is 0. The Morgan fingerprint density at radius 2 is 2.27 bits per heavy atom. The molecule has 0 bridgehead atoms. The minimum absolute atomic E-state index is 0.373. The molecule has 66 valence electrons. The molecule has 0 saturated carbocycles. The predicted octanol–water partition coefficient (Wildman–Crippen LogP) is 1.55. The fraction of sp³-hybridized carbons (Fsp3) is 1.00. The van der Waals surface area contributed by atoms with E-state index in [9.17, 15) is 0 Å². The van der Waals surface area contributed by atoms with E-state index in [0.29, 0.717) is 18.2 Å². The van der Waals surface area contributed by atoms with Crippen LogP contribution in [0.25, 0.3) is 0 Å². The van der Waals surface area contributed by atoms with Crippen LogP contribution in [0.5, 0.6) is 0 Å². The molecule has 0 aromatic heterocycles. The zero-order valence-electron chi connectivity index (χ0n) is 7.76. The Morgan fingerprint density at radius 3 is 2.73 bits per heavy atom. The Hall–Kier alpha value is -0.0800. The third-order valence-corrected chi connectivity index (χ3v) is 2.14. The van der Waals surface area contributed by atoms with Crippen molar-refractivity contribution in [2.75, 3.05) is 6.54 Å². The van der Waals surface area contributed by atoms with Crippen molar-refractivity contribution in [2.24, 2.45) is 0 Å². The lowest BCUT2D eigenvalue weighted by Gasteiger charge is -2.13. The normalized spacial score (nSPS) is 31.6. The zero-order valence-corrected chi connectivity index (χ0v) is 7.76. The minimum atomic E-state index is 0.373. The molecule has 0 radical (unpaired) electrons. The van der Waals surface area contributed by atoms with Gasteiger partial charge in [0.1, 0.15) is 0 Å². The maximum atomic E-state index is 5.68. The largest absolute Gasteiger partial charge is 0.374 e. The highest BCUT2D eigenvalue weighted by atomic mass is 16.5. The monoisotopic (exact) mass is 157 g/mol. The van der Waals surface area contributed by atoms with Gasteiger partial charge in [0.2, 0.25) is 0 Å². The van der Waals surface area contributed by atoms with Crippen LogP contribution in [0.15, 0.2) is 0 Å². The Bertz CT molecular complexity index is 114. The van der Waals surface area contributed by atoms with E-state index in [-0.39, 0.29) is 0 Å². The van der Waals surface area contributed by atoms with E-state index < -0.39 is 0 Å². The van der Waals surface area contributed by atoms with E-state index in [1.54, 1.807) is 0 Å². The first-order valence-electron chi connectivity index (χ1n) is 4.61. The zero-order chi connectivity index (χ0) is 8.27. The first-order chi connectivity index (χ1) is 5.22. The van der Waals surface area contributed by atoms with Crippen LogP contribution in [0.1, 0.15) is 33.6 Å². The van der Waals surface area contributed by atoms with Crippen molar-refractivity contribution in [2.45, 2.75) is 51.9 Å². The van der Waals surface area contributed by atoms with Crippen LogP contribution in [-0.2, 0) is 4.74 Å². The summed E-state index contributed by atoms with van der Waals surface area (Å²) in [5.74, 6) is 0. The summed E-state index contributed by atoms with van der Waals surface area (Å²) in [5, 5.41) is 3.44. The highest BCUT2D eigenvalue weighted by molar-refractivity contribution is 4.81. The van der Waals surface area contributed by atoms with Crippen LogP contribution >= 0.6 is 0 Å². The molecule has 1 aliphatic rings. The van der Waals surface area contributed by atoms with Crippen LogP contribution in [0, 0.1) is 0 Å². The van der Waals surface area contributed by atoms with Gasteiger partial charge in [-0.2, -0.15) is 0 Å². The molecule has 2 unspecified atom stereocenters. The van der Waals surface area contributed by atoms with Crippen molar-refractivity contribution in [1.82, 2.24) is 5.32 Å². The van der Waals surface area contributed by atoms with Gasteiger partial charge in [-0.3, -0.25) is 0 Å². The molecule has 1 heterocycles. The average molecular weight is 157 g/mol. The van der Waals surface area contributed by atoms with Crippen LogP contribution in [-0.4, -0.2) is 24.8 Å². The summed E-state index contributed by atoms with van der Waals surface area (Å²) in [5.41, 5.74) is 0. The molecule has 0 aliphatic carbocycles. The molecule has 0 aromatic rings. The lowest BCUT2D eigenvalue weighted by molar-refractivity contribution is 0.0186. The molecular formula is C9H19NO. The first kappa shape index (κ1) is 9.01. The summed E-state index contributed by atoms with van der Waals surface area (Å²) in [6.45, 7) is 7.45. The Morgan fingerprint density at radius 1 is 1.55 bits per heavy atom. The molecular weight excluding hydrogens is 138 g/mol. The van der Waals surface area contributed by atoms with Crippen molar-refractivity contribution in [1.29, 1.82) is 0 Å². The quantitative estimate of drug-likeness (QED) is 0.671. The SMILES string of the molecule is CCC1CC(OC(C)C)CN1. The second-order valence-corrected chi connectivity index (χ2v) is 3.56. The number of hydrogen-bond donors (Lipinski definition) is 1. The van der Waals surface area contributed by atoms with Gasteiger partial charge in [0, 0.05) is 12.6 Å². The van der Waals surface area contributed by atoms with Gasteiger partial charge in [0.25, 0.3) is 0 Å². The van der Waals surface area contributed by atoms with Gasteiger partial charge in [-0.15, -0.1) is 0 Å². The summed E-state index contributed by atoms with van der Waals surface area (Å²) < 4.78 is 5.68. The molecule has 1 rings (SSSR count). The number of rotatable bonds is 3. The molecule has 0 spiro atoms. The second kappa shape index (κ2) is 4.07. The summed E-state index contributed by atoms with van der Waals surface area (Å²) in [7, 11) is 0. The van der Waals surface area contributed by atoms with Gasteiger partial charge in [0.05, 0.1) is 12.2 Å². The highest BCUT2D eigenvalue weighted by Crippen LogP contribution is 2.13. The number of hydrogen-bond acceptors (Lipinski definition) is 2. The third-order valence-electron chi connectivity index (χ3n) is 2.14. The van der Waals surface area contributed by atoms with E-state index in [0.717, 1.165) is 6.54 Å². The van der Waals surface area contributed by atoms with Gasteiger partial charge >= 0.3 is 0 Å². The van der Waals surface area contributed by atoms with Crippen molar-refractivity contribution in [3.63, 3.8) is 0 Å². The van der Waals surface area contributed by atoms with Gasteiger partial charge in [-0.1, -0.05) is 6.92 Å². The highest BCUT2D eigenvalue weighted by Gasteiger charge is 2.23. The van der Waals surface area contributed by atoms with Gasteiger partial charge in [0.15, 0.2) is 0 Å². The van der Waals surface area contributed by atoms with Crippen molar-refractivity contribution in [3.05, 3.63) is 0 Å². The molecule has 0 amide bonds. The predicted molar refractivity (Wildman–Crippen MR) is 46.7 cm³/mol. The summed E-state index contributed by atoms with van der Waals surface area (Å²) in [4.78, 5) is 0. The van der Waals surface area contributed by atoms with E-state index in [2.05, 4.69) is 26.1 Å². The molecule has 1 aliphatic heterocycles. The first-order valence-corrected chi connectivity index (χ1v) is 4.61. The van der Waals surface area contributed by atoms with Crippen LogP contribution < -0.4 is 5.32 Å². The fourth-order valence-electron chi connectivity index (χ4n) is 1.58. The van der Waals surface area contributed by atoms with Crippen molar-refractivity contribution in [3.8, 4) is 0 Å². The fourth-order valence-corrected chi connectivity index (χ4v) is 1.58. The maximum Gasteiger partial charge on any atom is 0.0717 e. The van der Waals surface area contributed by atoms with Gasteiger partial charge < -0.3 is 10.1 Å². The van der Waals surface area contributed by atoms with Gasteiger partial charge in [-0.05, 0) is 26.7 Å². The standard InChI is InChI=1S/C9H19NO/c1-4-8-5-9(6-10-8)11-7(2)3/h7-10H,4-6H2,1-3H3. The summed E-state index contributed by atoms with van der Waals surface area (Å²) in [6.07, 6.45) is 3.24. The lowest BCUT2D eigenvalue weighted by atomic mass is 10.1.